The van der Waals surface area contributed by atoms with Gasteiger partial charge in [0.1, 0.15) is 0 Å². The van der Waals surface area contributed by atoms with E-state index in [0.29, 0.717) is 5.92 Å². The van der Waals surface area contributed by atoms with Crippen LogP contribution >= 0.6 is 11.3 Å². The third-order valence-electron chi connectivity index (χ3n) is 8.23. The van der Waals surface area contributed by atoms with Gasteiger partial charge in [-0.1, -0.05) is 163 Å². The van der Waals surface area contributed by atoms with Gasteiger partial charge in [-0.3, -0.25) is 10.1 Å². The highest BCUT2D eigenvalue weighted by atomic mass is 32.1. The summed E-state index contributed by atoms with van der Waals surface area (Å²) >= 11 is 1.85. The summed E-state index contributed by atoms with van der Waals surface area (Å²) in [4.78, 5) is 11.4. The molecule has 1 saturated carbocycles. The van der Waals surface area contributed by atoms with Crippen molar-refractivity contribution >= 4 is 17.0 Å². The van der Waals surface area contributed by atoms with Gasteiger partial charge >= 0.3 is 5.69 Å². The molecule has 1 aliphatic carbocycles. The zero-order valence-electron chi connectivity index (χ0n) is 34.1. The molecular formula is C45H75NO3S. The van der Waals surface area contributed by atoms with Crippen LogP contribution in [-0.2, 0) is 19.3 Å². The van der Waals surface area contributed by atoms with E-state index in [4.69, 9.17) is 0 Å². The highest BCUT2D eigenvalue weighted by Crippen LogP contribution is 2.29. The van der Waals surface area contributed by atoms with Crippen molar-refractivity contribution in [3.63, 3.8) is 0 Å². The lowest BCUT2D eigenvalue weighted by Crippen LogP contribution is -2.08. The first-order chi connectivity index (χ1) is 23.5. The Bertz CT molecular complexity index is 1220. The van der Waals surface area contributed by atoms with Gasteiger partial charge in [-0.15, -0.1) is 11.3 Å². The molecule has 1 fully saturated rings. The molecule has 50 heavy (non-hydrogen) atoms. The number of aromatic hydroxyl groups is 1. The van der Waals surface area contributed by atoms with Gasteiger partial charge < -0.3 is 5.11 Å². The quantitative estimate of drug-likeness (QED) is 0.159. The van der Waals surface area contributed by atoms with E-state index in [1.165, 1.54) is 92.3 Å². The summed E-state index contributed by atoms with van der Waals surface area (Å²) < 4.78 is 0. The fourth-order valence-electron chi connectivity index (χ4n) is 6.01. The number of hydrogen-bond donors (Lipinski definition) is 1. The van der Waals surface area contributed by atoms with Crippen LogP contribution in [0.1, 0.15) is 149 Å². The molecule has 5 heteroatoms. The van der Waals surface area contributed by atoms with Crippen molar-refractivity contribution in [2.24, 2.45) is 35.5 Å². The Morgan fingerprint density at radius 3 is 1.70 bits per heavy atom. The number of thiophene rings is 1. The molecule has 0 saturated heterocycles. The molecule has 0 spiro atoms. The lowest BCUT2D eigenvalue weighted by atomic mass is 9.84. The molecule has 4 rings (SSSR count). The van der Waals surface area contributed by atoms with Gasteiger partial charge in [-0.2, -0.15) is 0 Å². The summed E-state index contributed by atoms with van der Waals surface area (Å²) in [6.07, 6.45) is 14.9. The van der Waals surface area contributed by atoms with Gasteiger partial charge in [0.15, 0.2) is 5.75 Å². The maximum absolute atomic E-state index is 10.5. The number of benzene rings is 2. The smallest absolute Gasteiger partial charge is 0.310 e. The van der Waals surface area contributed by atoms with Gasteiger partial charge in [-0.05, 0) is 96.8 Å². The second-order valence-electron chi connectivity index (χ2n) is 16.3. The van der Waals surface area contributed by atoms with Crippen molar-refractivity contribution in [3.05, 3.63) is 91.7 Å². The van der Waals surface area contributed by atoms with Crippen LogP contribution in [0.2, 0.25) is 0 Å². The Kier molecular flexibility index (Phi) is 26.5. The number of hydrogen-bond acceptors (Lipinski definition) is 4. The molecule has 0 bridgehead atoms. The predicted octanol–water partition coefficient (Wildman–Crippen LogP) is 14.7. The van der Waals surface area contributed by atoms with E-state index in [0.717, 1.165) is 41.6 Å². The molecule has 284 valence electrons. The summed E-state index contributed by atoms with van der Waals surface area (Å²) in [6, 6.07) is 17.6. The van der Waals surface area contributed by atoms with Crippen LogP contribution in [0.15, 0.2) is 60.0 Å². The minimum absolute atomic E-state index is 0.219. The van der Waals surface area contributed by atoms with E-state index in [-0.39, 0.29) is 11.4 Å². The molecule has 0 aliphatic heterocycles. The fourth-order valence-corrected chi connectivity index (χ4v) is 6.93. The number of aryl methyl sites for hydroxylation is 1. The first-order valence-electron chi connectivity index (χ1n) is 19.6. The summed E-state index contributed by atoms with van der Waals surface area (Å²) in [5.41, 5.74) is 3.45. The number of phenols is 1. The first kappa shape index (κ1) is 47.3. The predicted molar refractivity (Wildman–Crippen MR) is 222 cm³/mol. The Morgan fingerprint density at radius 1 is 0.740 bits per heavy atom. The zero-order chi connectivity index (χ0) is 38.1. The molecular weight excluding hydrogens is 635 g/mol. The van der Waals surface area contributed by atoms with E-state index >= 15 is 0 Å². The Hall–Kier alpha value is -2.66. The molecule has 1 N–H and O–H groups in total. The SMILES string of the molecule is CC(C)CC1CCCCC1.CC(C)Cc1ccc(O)c([N+](=O)[O-])c1.CC(C)Cc1cccs1.CCCC(C)C.Cc1ccc(CC(C)C)cc1. The first-order valence-corrected chi connectivity index (χ1v) is 20.5. The summed E-state index contributed by atoms with van der Waals surface area (Å²) in [5.74, 6) is 4.62. The van der Waals surface area contributed by atoms with Crippen molar-refractivity contribution in [3.8, 4) is 5.75 Å². The lowest BCUT2D eigenvalue weighted by molar-refractivity contribution is -0.385. The van der Waals surface area contributed by atoms with Crippen LogP contribution in [0.3, 0.4) is 0 Å². The molecule has 1 aromatic heterocycles. The van der Waals surface area contributed by atoms with E-state index in [9.17, 15) is 15.2 Å². The van der Waals surface area contributed by atoms with Crippen LogP contribution in [0.25, 0.3) is 0 Å². The normalized spacial score (nSPS) is 12.7. The number of rotatable bonds is 11. The Balaban J connectivity index is 0.000000615. The van der Waals surface area contributed by atoms with Crippen molar-refractivity contribution in [2.45, 2.75) is 154 Å². The van der Waals surface area contributed by atoms with Crippen LogP contribution in [0.4, 0.5) is 5.69 Å². The van der Waals surface area contributed by atoms with Crippen LogP contribution < -0.4 is 0 Å². The summed E-state index contributed by atoms with van der Waals surface area (Å²) in [6.45, 7) is 26.6. The Morgan fingerprint density at radius 2 is 1.28 bits per heavy atom. The third kappa shape index (κ3) is 26.2. The van der Waals surface area contributed by atoms with E-state index in [1.54, 1.807) is 6.07 Å². The zero-order valence-corrected chi connectivity index (χ0v) is 35.0. The third-order valence-corrected chi connectivity index (χ3v) is 9.13. The summed E-state index contributed by atoms with van der Waals surface area (Å²) in [7, 11) is 0. The largest absolute Gasteiger partial charge is 0.502 e. The van der Waals surface area contributed by atoms with Gasteiger partial charge in [0.2, 0.25) is 0 Å². The van der Waals surface area contributed by atoms with E-state index < -0.39 is 4.92 Å². The monoisotopic (exact) mass is 710 g/mol. The average molecular weight is 710 g/mol. The van der Waals surface area contributed by atoms with Gasteiger partial charge in [0, 0.05) is 10.9 Å². The van der Waals surface area contributed by atoms with Crippen molar-refractivity contribution in [2.75, 3.05) is 0 Å². The van der Waals surface area contributed by atoms with E-state index in [1.807, 2.05) is 25.2 Å². The highest BCUT2D eigenvalue weighted by molar-refractivity contribution is 7.09. The van der Waals surface area contributed by atoms with Gasteiger partial charge in [0.25, 0.3) is 0 Å². The van der Waals surface area contributed by atoms with Crippen molar-refractivity contribution in [1.82, 2.24) is 0 Å². The highest BCUT2D eigenvalue weighted by Gasteiger charge is 2.14. The molecule has 0 radical (unpaired) electrons. The molecule has 2 aromatic carbocycles. The molecule has 0 amide bonds. The van der Waals surface area contributed by atoms with E-state index in [2.05, 4.69) is 111 Å². The van der Waals surface area contributed by atoms with Gasteiger partial charge in [0.05, 0.1) is 4.92 Å². The molecule has 1 aliphatic rings. The number of nitro groups is 1. The second kappa shape index (κ2) is 28.0. The van der Waals surface area contributed by atoms with Crippen molar-refractivity contribution < 1.29 is 10.0 Å². The molecule has 0 atom stereocenters. The fraction of sp³-hybridized carbons (Fsp3) is 0.644. The standard InChI is InChI=1S/C11H16.C10H13NO3.C10H20.C8H12S.C6H14/c1-9(2)8-11-6-4-10(3)5-7-11;1-7(2)5-8-3-4-10(12)9(6-8)11(13)14;1-9(2)8-10-6-4-3-5-7-10;1-7(2)6-8-4-3-5-9-8;1-4-5-6(2)3/h4-7,9H,8H2,1-3H3;3-4,6-7,12H,5H2,1-2H3;9-10H,3-8H2,1-2H3;3-5,7H,6H2,1-2H3;6H,4-5H2,1-3H3. The molecule has 0 unspecified atom stereocenters. The second-order valence-corrected chi connectivity index (χ2v) is 17.3. The maximum atomic E-state index is 10.5. The molecule has 1 heterocycles. The topological polar surface area (TPSA) is 63.4 Å². The molecule has 4 nitrogen and oxygen atoms in total. The number of nitro benzene ring substituents is 1. The van der Waals surface area contributed by atoms with Crippen molar-refractivity contribution in [1.29, 1.82) is 0 Å². The Labute approximate surface area is 312 Å². The molecule has 3 aromatic rings. The lowest BCUT2D eigenvalue weighted by Gasteiger charge is -2.22. The summed E-state index contributed by atoms with van der Waals surface area (Å²) in [5, 5.41) is 21.8. The minimum atomic E-state index is -0.570. The van der Waals surface area contributed by atoms with Crippen LogP contribution in [0, 0.1) is 52.5 Å². The average Bonchev–Trinajstić information content (AvgIpc) is 3.53. The number of nitrogens with zero attached hydrogens (tertiary/aromatic N) is 1. The maximum Gasteiger partial charge on any atom is 0.310 e. The van der Waals surface area contributed by atoms with Crippen LogP contribution in [-0.4, -0.2) is 10.0 Å². The van der Waals surface area contributed by atoms with Crippen LogP contribution in [0.5, 0.6) is 5.75 Å². The minimum Gasteiger partial charge on any atom is -0.502 e. The number of phenolic OH excluding ortho intramolecular Hbond substituents is 1. The van der Waals surface area contributed by atoms with Gasteiger partial charge in [-0.25, -0.2) is 0 Å².